The third-order valence-electron chi connectivity index (χ3n) is 4.68. The van der Waals surface area contributed by atoms with Crippen LogP contribution in [0, 0.1) is 0 Å². The van der Waals surface area contributed by atoms with Gasteiger partial charge in [-0.1, -0.05) is 55.1 Å². The lowest BCUT2D eigenvalue weighted by molar-refractivity contribution is 0.735. The third kappa shape index (κ3) is 3.48. The summed E-state index contributed by atoms with van der Waals surface area (Å²) in [5.74, 6) is 0. The van der Waals surface area contributed by atoms with Crippen molar-refractivity contribution in [2.75, 3.05) is 11.9 Å². The van der Waals surface area contributed by atoms with Gasteiger partial charge in [0.1, 0.15) is 0 Å². The number of hydrogen-bond donors (Lipinski definition) is 0. The van der Waals surface area contributed by atoms with Gasteiger partial charge in [0.25, 0.3) is 0 Å². The predicted molar refractivity (Wildman–Crippen MR) is 108 cm³/mol. The van der Waals surface area contributed by atoms with Crippen molar-refractivity contribution in [3.8, 4) is 11.1 Å². The Bertz CT molecular complexity index is 854. The number of rotatable bonds is 5. The molecule has 25 heavy (non-hydrogen) atoms. The molecule has 0 N–H and O–H groups in total. The van der Waals surface area contributed by atoms with Gasteiger partial charge in [-0.25, -0.2) is 0 Å². The van der Waals surface area contributed by atoms with Gasteiger partial charge in [0, 0.05) is 30.7 Å². The lowest BCUT2D eigenvalue weighted by atomic mass is 9.93. The summed E-state index contributed by atoms with van der Waals surface area (Å²) in [5.41, 5.74) is 7.08. The van der Waals surface area contributed by atoms with Gasteiger partial charge in [-0.15, -0.1) is 0 Å². The Morgan fingerprint density at radius 3 is 2.40 bits per heavy atom. The molecule has 0 aliphatic rings. The third-order valence-corrected chi connectivity index (χ3v) is 4.68. The molecule has 0 amide bonds. The number of nitrogens with zero attached hydrogens (tertiary/aromatic N) is 2. The number of anilines is 1. The summed E-state index contributed by atoms with van der Waals surface area (Å²) < 4.78 is 0. The van der Waals surface area contributed by atoms with Crippen molar-refractivity contribution in [1.29, 1.82) is 0 Å². The second-order valence-corrected chi connectivity index (χ2v) is 6.42. The predicted octanol–water partition coefficient (Wildman–Crippen LogP) is 5.98. The van der Waals surface area contributed by atoms with Crippen molar-refractivity contribution in [2.24, 2.45) is 0 Å². The number of pyridine rings is 1. The number of benzene rings is 2. The molecule has 0 aliphatic carbocycles. The second kappa shape index (κ2) is 7.35. The van der Waals surface area contributed by atoms with E-state index in [1.807, 2.05) is 24.5 Å². The van der Waals surface area contributed by atoms with E-state index in [4.69, 9.17) is 0 Å². The Labute approximate surface area is 150 Å². The maximum Gasteiger partial charge on any atom is 0.0526 e. The van der Waals surface area contributed by atoms with E-state index < -0.39 is 0 Å². The minimum Gasteiger partial charge on any atom is -0.367 e. The highest BCUT2D eigenvalue weighted by atomic mass is 15.1. The Morgan fingerprint density at radius 1 is 1.00 bits per heavy atom. The first-order valence-corrected chi connectivity index (χ1v) is 8.56. The average molecular weight is 328 g/mol. The van der Waals surface area contributed by atoms with Gasteiger partial charge in [-0.2, -0.15) is 0 Å². The van der Waals surface area contributed by atoms with Gasteiger partial charge < -0.3 is 4.90 Å². The molecular formula is C23H24N2. The zero-order valence-corrected chi connectivity index (χ0v) is 15.1. The molecule has 1 heterocycles. The Balaban J connectivity index is 2.09. The fraction of sp³-hybridized carbons (Fsp3) is 0.174. The van der Waals surface area contributed by atoms with Crippen LogP contribution in [0.4, 0.5) is 5.69 Å². The van der Waals surface area contributed by atoms with Crippen molar-refractivity contribution >= 4 is 11.3 Å². The molecule has 126 valence electrons. The smallest absolute Gasteiger partial charge is 0.0526 e. The number of aromatic nitrogens is 1. The monoisotopic (exact) mass is 328 g/mol. The summed E-state index contributed by atoms with van der Waals surface area (Å²) in [6.07, 6.45) is 3.74. The molecule has 3 aromatic rings. The molecule has 0 fully saturated rings. The fourth-order valence-electron chi connectivity index (χ4n) is 3.20. The van der Waals surface area contributed by atoms with Crippen molar-refractivity contribution < 1.29 is 0 Å². The molecule has 0 spiro atoms. The molecule has 0 saturated carbocycles. The molecule has 2 heteroatoms. The molecule has 2 aromatic carbocycles. The Morgan fingerprint density at radius 2 is 1.76 bits per heavy atom. The van der Waals surface area contributed by atoms with Crippen LogP contribution in [0.1, 0.15) is 31.0 Å². The zero-order valence-electron chi connectivity index (χ0n) is 15.1. The Hall–Kier alpha value is -2.87. The first kappa shape index (κ1) is 17.0. The fourth-order valence-corrected chi connectivity index (χ4v) is 3.20. The van der Waals surface area contributed by atoms with E-state index in [0.29, 0.717) is 0 Å². The molecule has 2 nitrogen and oxygen atoms in total. The van der Waals surface area contributed by atoms with Crippen LogP contribution in [0.15, 0.2) is 79.6 Å². The molecular weight excluding hydrogens is 304 g/mol. The summed E-state index contributed by atoms with van der Waals surface area (Å²) in [6, 6.07) is 21.3. The SMILES string of the molecule is C=C(C)c1c(-c2ccccc2)cccc1N(C)C(C)c1cccnc1. The van der Waals surface area contributed by atoms with E-state index in [-0.39, 0.29) is 6.04 Å². The van der Waals surface area contributed by atoms with E-state index in [0.717, 1.165) is 5.57 Å². The minimum absolute atomic E-state index is 0.220. The largest absolute Gasteiger partial charge is 0.367 e. The highest BCUT2D eigenvalue weighted by Gasteiger charge is 2.18. The summed E-state index contributed by atoms with van der Waals surface area (Å²) in [4.78, 5) is 6.56. The van der Waals surface area contributed by atoms with Crippen molar-refractivity contribution in [2.45, 2.75) is 19.9 Å². The highest BCUT2D eigenvalue weighted by molar-refractivity contribution is 5.87. The van der Waals surface area contributed by atoms with Crippen molar-refractivity contribution in [3.63, 3.8) is 0 Å². The molecule has 0 bridgehead atoms. The van der Waals surface area contributed by atoms with Crippen molar-refractivity contribution in [1.82, 2.24) is 4.98 Å². The van der Waals surface area contributed by atoms with E-state index in [1.54, 1.807) is 0 Å². The average Bonchev–Trinajstić information content (AvgIpc) is 2.67. The maximum atomic E-state index is 4.26. The molecule has 0 saturated heterocycles. The van der Waals surface area contributed by atoms with Crippen LogP contribution < -0.4 is 4.90 Å². The second-order valence-electron chi connectivity index (χ2n) is 6.42. The maximum absolute atomic E-state index is 4.26. The van der Waals surface area contributed by atoms with Crippen LogP contribution in [-0.4, -0.2) is 12.0 Å². The van der Waals surface area contributed by atoms with Gasteiger partial charge in [0.05, 0.1) is 6.04 Å². The highest BCUT2D eigenvalue weighted by Crippen LogP contribution is 2.38. The summed E-state index contributed by atoms with van der Waals surface area (Å²) in [5, 5.41) is 0. The van der Waals surface area contributed by atoms with Crippen LogP contribution in [0.5, 0.6) is 0 Å². The summed E-state index contributed by atoms with van der Waals surface area (Å²) in [7, 11) is 2.13. The quantitative estimate of drug-likeness (QED) is 0.573. The van der Waals surface area contributed by atoms with Gasteiger partial charge in [0.15, 0.2) is 0 Å². The molecule has 0 aliphatic heterocycles. The lowest BCUT2D eigenvalue weighted by Crippen LogP contribution is -2.23. The first-order chi connectivity index (χ1) is 12.1. The Kier molecular flexibility index (Phi) is 4.99. The molecule has 3 rings (SSSR count). The number of allylic oxidation sites excluding steroid dienone is 1. The van der Waals surface area contributed by atoms with Gasteiger partial charge in [0.2, 0.25) is 0 Å². The molecule has 1 aromatic heterocycles. The first-order valence-electron chi connectivity index (χ1n) is 8.56. The molecule has 0 radical (unpaired) electrons. The standard InChI is InChI=1S/C23H24N2/c1-17(2)23-21(19-10-6-5-7-11-19)13-8-14-22(23)25(4)18(3)20-12-9-15-24-16-20/h5-16,18H,1H2,2-4H3. The van der Waals surface area contributed by atoms with Crippen LogP contribution >= 0.6 is 0 Å². The topological polar surface area (TPSA) is 16.1 Å². The molecule has 1 atom stereocenters. The number of hydrogen-bond acceptors (Lipinski definition) is 2. The van der Waals surface area contributed by atoms with E-state index in [1.165, 1.54) is 27.9 Å². The molecule has 1 unspecified atom stereocenters. The van der Waals surface area contributed by atoms with Crippen LogP contribution in [-0.2, 0) is 0 Å². The zero-order chi connectivity index (χ0) is 17.8. The normalized spacial score (nSPS) is 11.8. The minimum atomic E-state index is 0.220. The lowest BCUT2D eigenvalue weighted by Gasteiger charge is -2.30. The van der Waals surface area contributed by atoms with Gasteiger partial charge >= 0.3 is 0 Å². The van der Waals surface area contributed by atoms with E-state index in [9.17, 15) is 0 Å². The van der Waals surface area contributed by atoms with Gasteiger partial charge in [-0.05, 0) is 48.2 Å². The van der Waals surface area contributed by atoms with E-state index >= 15 is 0 Å². The van der Waals surface area contributed by atoms with E-state index in [2.05, 4.69) is 85.9 Å². The van der Waals surface area contributed by atoms with Crippen molar-refractivity contribution in [3.05, 3.63) is 90.8 Å². The van der Waals surface area contributed by atoms with Gasteiger partial charge in [-0.3, -0.25) is 4.98 Å². The van der Waals surface area contributed by atoms with Crippen LogP contribution in [0.3, 0.4) is 0 Å². The van der Waals surface area contributed by atoms with Crippen LogP contribution in [0.2, 0.25) is 0 Å². The summed E-state index contributed by atoms with van der Waals surface area (Å²) in [6.45, 7) is 8.53. The summed E-state index contributed by atoms with van der Waals surface area (Å²) >= 11 is 0. The van der Waals surface area contributed by atoms with Crippen LogP contribution in [0.25, 0.3) is 16.7 Å².